The summed E-state index contributed by atoms with van der Waals surface area (Å²) in [6.45, 7) is 6.14. The minimum Gasteiger partial charge on any atom is -0.545 e. The standard InChI is InChI=1S/3C19H20O4.2Al/c3*1-2-3-9-14-10-11-15(18(20)21)17(19(22)23)16(14)12-13-7-5-4-6-8-13;;/h3*4-8,10-11H,2-3,9,12H2,1H3,(H,20,21)(H,22,23);;/q;;;2*+3/p-6. The Kier molecular flexibility index (Phi) is 26.1. The van der Waals surface area contributed by atoms with Gasteiger partial charge < -0.3 is 59.4 Å². The minimum absolute atomic E-state index is 0. The molecule has 0 amide bonds. The van der Waals surface area contributed by atoms with Crippen LogP contribution in [0, 0.1) is 0 Å². The fraction of sp³-hybridized carbons (Fsp3) is 0.263. The van der Waals surface area contributed by atoms with E-state index in [2.05, 4.69) is 0 Å². The Hall–Kier alpha value is -6.80. The van der Waals surface area contributed by atoms with Crippen molar-refractivity contribution in [2.75, 3.05) is 0 Å². The van der Waals surface area contributed by atoms with Gasteiger partial charge in [-0.05, 0) is 108 Å². The van der Waals surface area contributed by atoms with Gasteiger partial charge in [0.15, 0.2) is 0 Å². The van der Waals surface area contributed by atoms with Gasteiger partial charge in [0, 0.05) is 33.4 Å². The van der Waals surface area contributed by atoms with E-state index in [1.54, 1.807) is 18.2 Å². The third-order valence-corrected chi connectivity index (χ3v) is 11.6. The van der Waals surface area contributed by atoms with Gasteiger partial charge in [-0.15, -0.1) is 0 Å². The molecule has 0 radical (unpaired) electrons. The van der Waals surface area contributed by atoms with E-state index in [1.165, 1.54) is 18.2 Å². The molecule has 0 saturated heterocycles. The van der Waals surface area contributed by atoms with Gasteiger partial charge in [-0.2, -0.15) is 0 Å². The number of benzene rings is 6. The molecule has 0 saturated carbocycles. The van der Waals surface area contributed by atoms with Crippen molar-refractivity contribution in [1.29, 1.82) is 0 Å². The Bertz CT molecular complexity index is 2420. The van der Waals surface area contributed by atoms with Crippen LogP contribution in [0.1, 0.15) is 172 Å². The molecule has 6 aromatic rings. The quantitative estimate of drug-likeness (QED) is 0.0945. The number of carboxylic acid groups (broad SMARTS) is 6. The monoisotopic (exact) mass is 984 g/mol. The van der Waals surface area contributed by atoms with Gasteiger partial charge in [0.25, 0.3) is 0 Å². The summed E-state index contributed by atoms with van der Waals surface area (Å²) in [4.78, 5) is 68.4. The van der Waals surface area contributed by atoms with Gasteiger partial charge in [0.1, 0.15) is 0 Å². The number of aryl methyl sites for hydroxylation is 3. The van der Waals surface area contributed by atoms with E-state index >= 15 is 0 Å². The average molecular weight is 985 g/mol. The van der Waals surface area contributed by atoms with Crippen LogP contribution in [0.2, 0.25) is 0 Å². The van der Waals surface area contributed by atoms with Crippen molar-refractivity contribution >= 4 is 70.5 Å². The van der Waals surface area contributed by atoms with Crippen molar-refractivity contribution in [2.45, 2.75) is 97.8 Å². The molecule has 0 bridgehead atoms. The van der Waals surface area contributed by atoms with Crippen molar-refractivity contribution < 1.29 is 59.4 Å². The molecule has 0 N–H and O–H groups in total. The number of carboxylic acids is 6. The molecule has 71 heavy (non-hydrogen) atoms. The summed E-state index contributed by atoms with van der Waals surface area (Å²) in [6.07, 6.45) is 8.76. The third-order valence-electron chi connectivity index (χ3n) is 11.6. The zero-order valence-corrected chi connectivity index (χ0v) is 42.5. The Balaban J connectivity index is 0.000000360. The van der Waals surface area contributed by atoms with Gasteiger partial charge >= 0.3 is 34.7 Å². The number of unbranched alkanes of at least 4 members (excludes halogenated alkanes) is 3. The first-order chi connectivity index (χ1) is 33.1. The Labute approximate surface area is 436 Å². The molecular weight excluding hydrogens is 931 g/mol. The second kappa shape index (κ2) is 30.7. The molecule has 6 aromatic carbocycles. The van der Waals surface area contributed by atoms with Crippen LogP contribution in [0.15, 0.2) is 127 Å². The van der Waals surface area contributed by atoms with E-state index in [0.29, 0.717) is 55.2 Å². The van der Waals surface area contributed by atoms with Crippen LogP contribution in [0.25, 0.3) is 0 Å². The zero-order chi connectivity index (χ0) is 50.5. The minimum atomic E-state index is -1.50. The van der Waals surface area contributed by atoms with Crippen LogP contribution < -0.4 is 30.6 Å². The largest absolute Gasteiger partial charge is 3.00 e. The van der Waals surface area contributed by atoms with Crippen molar-refractivity contribution in [3.05, 3.63) is 211 Å². The summed E-state index contributed by atoms with van der Waals surface area (Å²) in [5, 5.41) is 68.4. The van der Waals surface area contributed by atoms with Crippen LogP contribution in [0.4, 0.5) is 0 Å². The predicted molar refractivity (Wildman–Crippen MR) is 260 cm³/mol. The fourth-order valence-corrected chi connectivity index (χ4v) is 8.09. The molecule has 360 valence electrons. The Morgan fingerprint density at radius 2 is 0.549 bits per heavy atom. The van der Waals surface area contributed by atoms with Crippen molar-refractivity contribution in [1.82, 2.24) is 0 Å². The van der Waals surface area contributed by atoms with E-state index < -0.39 is 35.8 Å². The first kappa shape index (κ1) is 60.3. The maximum atomic E-state index is 11.6. The van der Waals surface area contributed by atoms with Crippen molar-refractivity contribution in [3.63, 3.8) is 0 Å². The van der Waals surface area contributed by atoms with Crippen LogP contribution in [0.5, 0.6) is 0 Å². The van der Waals surface area contributed by atoms with E-state index in [-0.39, 0.29) is 68.1 Å². The molecule has 14 heteroatoms. The topological polar surface area (TPSA) is 241 Å². The van der Waals surface area contributed by atoms with Crippen LogP contribution in [-0.4, -0.2) is 70.5 Å². The Morgan fingerprint density at radius 1 is 0.324 bits per heavy atom. The summed E-state index contributed by atoms with van der Waals surface area (Å²) >= 11 is 0. The van der Waals surface area contributed by atoms with Gasteiger partial charge in [-0.1, -0.05) is 167 Å². The second-order valence-corrected chi connectivity index (χ2v) is 16.4. The third kappa shape index (κ3) is 17.5. The molecule has 0 fully saturated rings. The van der Waals surface area contributed by atoms with E-state index in [9.17, 15) is 59.4 Å². The molecule has 12 nitrogen and oxygen atoms in total. The molecule has 0 aromatic heterocycles. The van der Waals surface area contributed by atoms with Gasteiger partial charge in [0.05, 0.1) is 35.8 Å². The molecule has 0 spiro atoms. The molecule has 0 unspecified atom stereocenters. The van der Waals surface area contributed by atoms with Crippen LogP contribution in [0.3, 0.4) is 0 Å². The maximum Gasteiger partial charge on any atom is 3.00 e. The second-order valence-electron chi connectivity index (χ2n) is 16.4. The summed E-state index contributed by atoms with van der Waals surface area (Å²) in [5.41, 5.74) is 5.06. The SMILES string of the molecule is CCCCc1ccc(C(=O)[O-])c(C(=O)[O-])c1Cc1ccccc1.CCCCc1ccc(C(=O)[O-])c(C(=O)[O-])c1Cc1ccccc1.CCCCc1ccc(C(=O)[O-])c(C(=O)[O-])c1Cc1ccccc1.[Al+3].[Al+3]. The number of aromatic carboxylic acids is 6. The van der Waals surface area contributed by atoms with Gasteiger partial charge in [-0.25, -0.2) is 0 Å². The molecule has 6 rings (SSSR count). The molecule has 0 aliphatic carbocycles. The first-order valence-corrected chi connectivity index (χ1v) is 23.0. The average Bonchev–Trinajstić information content (AvgIpc) is 3.33. The molecular formula is C57H54Al2O12. The smallest absolute Gasteiger partial charge is 0.545 e. The predicted octanol–water partition coefficient (Wildman–Crippen LogP) is 3.28. The summed E-state index contributed by atoms with van der Waals surface area (Å²) in [5.74, 6) is -8.93. The van der Waals surface area contributed by atoms with E-state index in [4.69, 9.17) is 0 Å². The normalized spacial score (nSPS) is 10.2. The van der Waals surface area contributed by atoms with Crippen LogP contribution >= 0.6 is 0 Å². The summed E-state index contributed by atoms with van der Waals surface area (Å²) in [6, 6.07) is 37.1. The maximum absolute atomic E-state index is 11.6. The van der Waals surface area contributed by atoms with Crippen molar-refractivity contribution in [2.24, 2.45) is 0 Å². The molecule has 0 aliphatic heterocycles. The van der Waals surface area contributed by atoms with Gasteiger partial charge in [-0.3, -0.25) is 0 Å². The van der Waals surface area contributed by atoms with E-state index in [1.807, 2.05) is 112 Å². The first-order valence-electron chi connectivity index (χ1n) is 23.0. The number of hydrogen-bond acceptors (Lipinski definition) is 12. The molecule has 0 heterocycles. The molecule has 0 atom stereocenters. The Morgan fingerprint density at radius 3 is 0.732 bits per heavy atom. The fourth-order valence-electron chi connectivity index (χ4n) is 8.09. The molecule has 0 aliphatic rings. The van der Waals surface area contributed by atoms with Crippen molar-refractivity contribution in [3.8, 4) is 0 Å². The number of hydrogen-bond donors (Lipinski definition) is 0. The van der Waals surface area contributed by atoms with E-state index in [0.717, 1.165) is 71.9 Å². The number of rotatable bonds is 21. The number of carbonyl (C=O) groups excluding carboxylic acids is 6. The zero-order valence-electron chi connectivity index (χ0n) is 40.2. The number of carbonyl (C=O) groups is 6. The summed E-state index contributed by atoms with van der Waals surface area (Å²) in [7, 11) is 0. The van der Waals surface area contributed by atoms with Gasteiger partial charge in [0.2, 0.25) is 0 Å². The van der Waals surface area contributed by atoms with Crippen LogP contribution in [-0.2, 0) is 38.5 Å². The summed E-state index contributed by atoms with van der Waals surface area (Å²) < 4.78 is 0.